The van der Waals surface area contributed by atoms with E-state index in [-0.39, 0.29) is 38.0 Å². The number of carboxylic acid groups (broad SMARTS) is 1. The number of carbonyl (C=O) groups excluding carboxylic acids is 1. The third-order valence-electron chi connectivity index (χ3n) is 6.70. The third kappa shape index (κ3) is 4.59. The van der Waals surface area contributed by atoms with Crippen LogP contribution in [0.1, 0.15) is 64.7 Å². The highest BCUT2D eigenvalue weighted by atomic mass is 19.3. The van der Waals surface area contributed by atoms with Crippen LogP contribution in [-0.2, 0) is 23.8 Å². The number of carbonyl (C=O) groups is 2. The highest BCUT2D eigenvalue weighted by molar-refractivity contribution is 5.71. The molecule has 0 aromatic heterocycles. The molecular weight excluding hydrogens is 412 g/mol. The summed E-state index contributed by atoms with van der Waals surface area (Å²) in [5.41, 5.74) is -0.870. The summed E-state index contributed by atoms with van der Waals surface area (Å²) < 4.78 is 71.6. The second-order valence-electron chi connectivity index (χ2n) is 8.80. The maximum absolute atomic E-state index is 13.8. The van der Waals surface area contributed by atoms with Crippen LogP contribution in [0, 0.1) is 11.8 Å². The number of carboxylic acids is 1. The van der Waals surface area contributed by atoms with E-state index in [9.17, 15) is 27.2 Å². The molecule has 0 aromatic rings. The first-order valence-electron chi connectivity index (χ1n) is 10.4. The molecule has 10 heteroatoms. The Kier molecular flexibility index (Phi) is 6.40. The fourth-order valence-electron chi connectivity index (χ4n) is 4.97. The van der Waals surface area contributed by atoms with E-state index >= 15 is 0 Å². The number of halogens is 4. The molecule has 3 atom stereocenters. The molecule has 0 aromatic carbocycles. The van der Waals surface area contributed by atoms with Gasteiger partial charge in [-0.15, -0.1) is 0 Å². The van der Waals surface area contributed by atoms with Crippen molar-refractivity contribution in [3.63, 3.8) is 0 Å². The van der Waals surface area contributed by atoms with Gasteiger partial charge < -0.3 is 19.3 Å². The van der Waals surface area contributed by atoms with Crippen molar-refractivity contribution in [2.45, 2.75) is 87.9 Å². The van der Waals surface area contributed by atoms with Gasteiger partial charge in [-0.25, -0.2) is 0 Å². The molecule has 3 rings (SSSR count). The Balaban J connectivity index is 1.73. The monoisotopic (exact) mass is 440 g/mol. The number of alkyl halides is 4. The summed E-state index contributed by atoms with van der Waals surface area (Å²) in [5.74, 6) is -12.0. The number of aliphatic carboxylic acids is 1. The summed E-state index contributed by atoms with van der Waals surface area (Å²) in [7, 11) is 0. The lowest BCUT2D eigenvalue weighted by Crippen LogP contribution is -2.55. The van der Waals surface area contributed by atoms with Gasteiger partial charge in [0.25, 0.3) is 0 Å². The van der Waals surface area contributed by atoms with E-state index in [1.807, 2.05) is 6.92 Å². The van der Waals surface area contributed by atoms with Crippen molar-refractivity contribution in [3.8, 4) is 0 Å². The molecule has 2 bridgehead atoms. The Morgan fingerprint density at radius 2 is 1.70 bits per heavy atom. The van der Waals surface area contributed by atoms with Gasteiger partial charge in [-0.05, 0) is 44.4 Å². The summed E-state index contributed by atoms with van der Waals surface area (Å²) >= 11 is 0. The normalized spacial score (nSPS) is 34.2. The molecule has 3 fully saturated rings. The van der Waals surface area contributed by atoms with Crippen LogP contribution in [-0.4, -0.2) is 53.5 Å². The van der Waals surface area contributed by atoms with Crippen molar-refractivity contribution in [1.29, 1.82) is 0 Å². The number of hydrogen-bond donors (Lipinski definition) is 1. The lowest BCUT2D eigenvalue weighted by atomic mass is 9.62. The zero-order chi connectivity index (χ0) is 22.2. The predicted molar refractivity (Wildman–Crippen MR) is 95.2 cm³/mol. The zero-order valence-electron chi connectivity index (χ0n) is 16.9. The lowest BCUT2D eigenvalue weighted by molar-refractivity contribution is -0.300. The number of hydrogen-bond acceptors (Lipinski definition) is 5. The van der Waals surface area contributed by atoms with Crippen LogP contribution in [0.3, 0.4) is 0 Å². The first-order valence-corrected chi connectivity index (χ1v) is 10.4. The standard InChI is InChI=1S/C20H28F4O6/c1-2-17(30-16(27)5-3-4-15(25)26)9-13-6-7-18(14(8-13)10-17)28-11-19(21,22)20(23,24)12-29-18/h13-14H,2-12H2,1H3,(H,25,26). The van der Waals surface area contributed by atoms with E-state index in [1.165, 1.54) is 0 Å². The molecule has 1 spiro atoms. The number of esters is 1. The summed E-state index contributed by atoms with van der Waals surface area (Å²) in [6.45, 7) is -1.00. The van der Waals surface area contributed by atoms with Crippen LogP contribution in [0.15, 0.2) is 0 Å². The molecule has 2 saturated carbocycles. The molecule has 3 aliphatic rings. The van der Waals surface area contributed by atoms with Crippen molar-refractivity contribution in [1.82, 2.24) is 0 Å². The van der Waals surface area contributed by atoms with Gasteiger partial charge in [0, 0.05) is 25.2 Å². The van der Waals surface area contributed by atoms with Gasteiger partial charge in [0.05, 0.1) is 0 Å². The summed E-state index contributed by atoms with van der Waals surface area (Å²) in [6.07, 6.45) is 2.62. The fourth-order valence-corrected chi connectivity index (χ4v) is 4.97. The van der Waals surface area contributed by atoms with Crippen molar-refractivity contribution in [2.75, 3.05) is 13.2 Å². The summed E-state index contributed by atoms with van der Waals surface area (Å²) in [4.78, 5) is 22.9. The molecule has 1 aliphatic heterocycles. The van der Waals surface area contributed by atoms with E-state index in [1.54, 1.807) is 0 Å². The zero-order valence-corrected chi connectivity index (χ0v) is 16.9. The molecule has 0 radical (unpaired) electrons. The minimum Gasteiger partial charge on any atom is -0.481 e. The molecule has 2 aliphatic carbocycles. The van der Waals surface area contributed by atoms with Crippen LogP contribution in [0.5, 0.6) is 0 Å². The highest BCUT2D eigenvalue weighted by Crippen LogP contribution is 2.55. The number of rotatable bonds is 6. The molecular formula is C20H28F4O6. The van der Waals surface area contributed by atoms with Crippen LogP contribution >= 0.6 is 0 Å². The Bertz CT molecular complexity index is 652. The average Bonchev–Trinajstić information content (AvgIpc) is 2.74. The smallest absolute Gasteiger partial charge is 0.335 e. The van der Waals surface area contributed by atoms with E-state index in [4.69, 9.17) is 19.3 Å². The third-order valence-corrected chi connectivity index (χ3v) is 6.70. The maximum Gasteiger partial charge on any atom is 0.335 e. The second-order valence-corrected chi connectivity index (χ2v) is 8.80. The molecule has 1 N–H and O–H groups in total. The van der Waals surface area contributed by atoms with E-state index < -0.39 is 54.3 Å². The molecule has 1 heterocycles. The van der Waals surface area contributed by atoms with Crippen molar-refractivity contribution >= 4 is 11.9 Å². The van der Waals surface area contributed by atoms with Gasteiger partial charge in [-0.3, -0.25) is 9.59 Å². The van der Waals surface area contributed by atoms with Crippen LogP contribution in [0.2, 0.25) is 0 Å². The average molecular weight is 440 g/mol. The van der Waals surface area contributed by atoms with Crippen LogP contribution in [0.25, 0.3) is 0 Å². The Hall–Kier alpha value is -1.42. The number of ether oxygens (including phenoxy) is 3. The van der Waals surface area contributed by atoms with Crippen molar-refractivity contribution in [3.05, 3.63) is 0 Å². The highest BCUT2D eigenvalue weighted by Gasteiger charge is 2.64. The molecule has 6 nitrogen and oxygen atoms in total. The molecule has 0 amide bonds. The summed E-state index contributed by atoms with van der Waals surface area (Å²) in [6, 6.07) is 0. The molecule has 3 unspecified atom stereocenters. The van der Waals surface area contributed by atoms with Gasteiger partial charge in [-0.2, -0.15) is 17.6 Å². The van der Waals surface area contributed by atoms with E-state index in [2.05, 4.69) is 0 Å². The quantitative estimate of drug-likeness (QED) is 0.494. The lowest BCUT2D eigenvalue weighted by Gasteiger charge is -2.53. The Morgan fingerprint density at radius 1 is 1.07 bits per heavy atom. The minimum atomic E-state index is -4.32. The van der Waals surface area contributed by atoms with Gasteiger partial charge in [0.2, 0.25) is 0 Å². The van der Waals surface area contributed by atoms with Crippen LogP contribution < -0.4 is 0 Å². The van der Waals surface area contributed by atoms with Crippen molar-refractivity contribution in [2.24, 2.45) is 11.8 Å². The topological polar surface area (TPSA) is 82.1 Å². The van der Waals surface area contributed by atoms with Gasteiger partial charge >= 0.3 is 23.8 Å². The first kappa shape index (κ1) is 23.2. The van der Waals surface area contributed by atoms with Gasteiger partial charge in [-0.1, -0.05) is 6.92 Å². The fraction of sp³-hybridized carbons (Fsp3) is 0.900. The van der Waals surface area contributed by atoms with E-state index in [0.717, 1.165) is 0 Å². The molecule has 1 saturated heterocycles. The SMILES string of the molecule is CCC1(OC(=O)CCCC(=O)O)CC2CCC3(OCC(F)(F)C(F)(F)CO3)C(C2)C1. The summed E-state index contributed by atoms with van der Waals surface area (Å²) in [5, 5.41) is 8.70. The molecule has 30 heavy (non-hydrogen) atoms. The number of fused-ring (bicyclic) bond motifs is 3. The Labute approximate surface area is 172 Å². The van der Waals surface area contributed by atoms with Crippen molar-refractivity contribution < 1.29 is 46.5 Å². The first-order chi connectivity index (χ1) is 13.9. The van der Waals surface area contributed by atoms with Crippen LogP contribution in [0.4, 0.5) is 17.6 Å². The molecule has 172 valence electrons. The maximum atomic E-state index is 13.8. The van der Waals surface area contributed by atoms with Gasteiger partial charge in [0.1, 0.15) is 18.8 Å². The van der Waals surface area contributed by atoms with E-state index in [0.29, 0.717) is 25.7 Å². The second kappa shape index (κ2) is 8.26. The minimum absolute atomic E-state index is 0.0417. The van der Waals surface area contributed by atoms with Gasteiger partial charge in [0.15, 0.2) is 5.79 Å². The predicted octanol–water partition coefficient (Wildman–Crippen LogP) is 4.16. The Morgan fingerprint density at radius 3 is 2.27 bits per heavy atom. The largest absolute Gasteiger partial charge is 0.481 e.